The standard InChI is InChI=1S/C14H13F2NO2S/c1-3-19-14(18)13-11(17)7(2)12(20-13)8-4-5-9(15)10(16)6-8/h4-6H,3,17H2,1-2H3. The zero-order valence-electron chi connectivity index (χ0n) is 11.0. The molecule has 1 aromatic carbocycles. The van der Waals surface area contributed by atoms with Gasteiger partial charge in [0.25, 0.3) is 0 Å². The van der Waals surface area contributed by atoms with Crippen molar-refractivity contribution in [2.45, 2.75) is 13.8 Å². The van der Waals surface area contributed by atoms with Gasteiger partial charge in [0.2, 0.25) is 0 Å². The van der Waals surface area contributed by atoms with Gasteiger partial charge in [-0.15, -0.1) is 11.3 Å². The summed E-state index contributed by atoms with van der Waals surface area (Å²) in [5.41, 5.74) is 7.33. The van der Waals surface area contributed by atoms with E-state index in [0.29, 0.717) is 21.7 Å². The fourth-order valence-corrected chi connectivity index (χ4v) is 2.90. The number of esters is 1. The first-order chi connectivity index (χ1) is 9.45. The fraction of sp³-hybridized carbons (Fsp3) is 0.214. The Kier molecular flexibility index (Phi) is 4.04. The van der Waals surface area contributed by atoms with Crippen LogP contribution in [0, 0.1) is 18.6 Å². The second-order valence-electron chi connectivity index (χ2n) is 4.15. The van der Waals surface area contributed by atoms with Crippen LogP contribution in [0.4, 0.5) is 14.5 Å². The average Bonchev–Trinajstić information content (AvgIpc) is 2.70. The van der Waals surface area contributed by atoms with Gasteiger partial charge in [-0.3, -0.25) is 0 Å². The number of carbonyl (C=O) groups excluding carboxylic acids is 1. The van der Waals surface area contributed by atoms with Gasteiger partial charge in [-0.05, 0) is 37.1 Å². The van der Waals surface area contributed by atoms with Gasteiger partial charge in [0.05, 0.1) is 12.3 Å². The summed E-state index contributed by atoms with van der Waals surface area (Å²) in [6, 6.07) is 3.58. The molecule has 20 heavy (non-hydrogen) atoms. The summed E-state index contributed by atoms with van der Waals surface area (Å²) in [7, 11) is 0. The Bertz CT molecular complexity index is 667. The summed E-state index contributed by atoms with van der Waals surface area (Å²) in [4.78, 5) is 12.7. The highest BCUT2D eigenvalue weighted by Crippen LogP contribution is 2.38. The lowest BCUT2D eigenvalue weighted by Crippen LogP contribution is -2.05. The zero-order chi connectivity index (χ0) is 14.9. The number of hydrogen-bond acceptors (Lipinski definition) is 4. The van der Waals surface area contributed by atoms with Crippen LogP contribution in [0.3, 0.4) is 0 Å². The second-order valence-corrected chi connectivity index (χ2v) is 5.17. The summed E-state index contributed by atoms with van der Waals surface area (Å²) in [6.07, 6.45) is 0. The maximum absolute atomic E-state index is 13.3. The normalized spacial score (nSPS) is 10.6. The summed E-state index contributed by atoms with van der Waals surface area (Å²) in [5, 5.41) is 0. The third kappa shape index (κ3) is 2.51. The number of anilines is 1. The SMILES string of the molecule is CCOC(=O)c1sc(-c2ccc(F)c(F)c2)c(C)c1N. The van der Waals surface area contributed by atoms with E-state index in [9.17, 15) is 13.6 Å². The molecule has 0 spiro atoms. The monoisotopic (exact) mass is 297 g/mol. The summed E-state index contributed by atoms with van der Waals surface area (Å²) in [6.45, 7) is 3.67. The van der Waals surface area contributed by atoms with Crippen molar-refractivity contribution in [3.63, 3.8) is 0 Å². The molecule has 1 heterocycles. The minimum absolute atomic E-state index is 0.246. The molecule has 0 radical (unpaired) electrons. The van der Waals surface area contributed by atoms with Gasteiger partial charge in [-0.1, -0.05) is 6.07 Å². The molecule has 1 aromatic heterocycles. The van der Waals surface area contributed by atoms with Gasteiger partial charge in [-0.25, -0.2) is 13.6 Å². The van der Waals surface area contributed by atoms with Crippen LogP contribution in [-0.4, -0.2) is 12.6 Å². The Morgan fingerprint density at radius 1 is 1.35 bits per heavy atom. The van der Waals surface area contributed by atoms with Crippen molar-refractivity contribution in [1.82, 2.24) is 0 Å². The van der Waals surface area contributed by atoms with E-state index in [4.69, 9.17) is 10.5 Å². The number of ether oxygens (including phenoxy) is 1. The van der Waals surface area contributed by atoms with E-state index >= 15 is 0 Å². The van der Waals surface area contributed by atoms with Crippen molar-refractivity contribution in [1.29, 1.82) is 0 Å². The van der Waals surface area contributed by atoms with Crippen molar-refractivity contribution in [2.75, 3.05) is 12.3 Å². The van der Waals surface area contributed by atoms with E-state index in [-0.39, 0.29) is 11.5 Å². The molecular weight excluding hydrogens is 284 g/mol. The minimum atomic E-state index is -0.938. The van der Waals surface area contributed by atoms with E-state index in [0.717, 1.165) is 23.5 Å². The van der Waals surface area contributed by atoms with Crippen LogP contribution >= 0.6 is 11.3 Å². The predicted molar refractivity (Wildman–Crippen MR) is 74.8 cm³/mol. The molecule has 0 aliphatic rings. The molecule has 2 rings (SSSR count). The Hall–Kier alpha value is -1.95. The molecule has 0 aliphatic carbocycles. The molecule has 0 saturated heterocycles. The molecule has 106 valence electrons. The molecule has 3 nitrogen and oxygen atoms in total. The molecule has 0 amide bonds. The van der Waals surface area contributed by atoms with Crippen molar-refractivity contribution in [3.8, 4) is 10.4 Å². The first kappa shape index (κ1) is 14.5. The maximum atomic E-state index is 13.3. The van der Waals surface area contributed by atoms with Gasteiger partial charge in [-0.2, -0.15) is 0 Å². The number of carbonyl (C=O) groups is 1. The molecule has 0 bridgehead atoms. The highest BCUT2D eigenvalue weighted by Gasteiger charge is 2.20. The van der Waals surface area contributed by atoms with Gasteiger partial charge in [0.1, 0.15) is 4.88 Å². The molecule has 2 aromatic rings. The van der Waals surface area contributed by atoms with Crippen LogP contribution in [0.15, 0.2) is 18.2 Å². The first-order valence-electron chi connectivity index (χ1n) is 5.97. The van der Waals surface area contributed by atoms with E-state index in [1.165, 1.54) is 6.07 Å². The van der Waals surface area contributed by atoms with Crippen LogP contribution in [0.2, 0.25) is 0 Å². The molecule has 2 N–H and O–H groups in total. The van der Waals surface area contributed by atoms with E-state index in [1.54, 1.807) is 13.8 Å². The van der Waals surface area contributed by atoms with Gasteiger partial charge in [0.15, 0.2) is 11.6 Å². The third-order valence-corrected chi connectivity index (χ3v) is 4.17. The summed E-state index contributed by atoms with van der Waals surface area (Å²) >= 11 is 1.11. The van der Waals surface area contributed by atoms with E-state index in [2.05, 4.69) is 0 Å². The number of thiophene rings is 1. The van der Waals surface area contributed by atoms with Crippen LogP contribution in [0.1, 0.15) is 22.2 Å². The quantitative estimate of drug-likeness (QED) is 0.878. The Labute approximate surface area is 119 Å². The lowest BCUT2D eigenvalue weighted by Gasteiger charge is -2.01. The molecular formula is C14H13F2NO2S. The van der Waals surface area contributed by atoms with Crippen molar-refractivity contribution in [2.24, 2.45) is 0 Å². The van der Waals surface area contributed by atoms with Gasteiger partial charge >= 0.3 is 5.97 Å². The Morgan fingerprint density at radius 2 is 2.05 bits per heavy atom. The number of nitrogen functional groups attached to an aromatic ring is 1. The number of halogens is 2. The number of benzene rings is 1. The van der Waals surface area contributed by atoms with Gasteiger partial charge in [0, 0.05) is 4.88 Å². The first-order valence-corrected chi connectivity index (χ1v) is 6.78. The van der Waals surface area contributed by atoms with Crippen molar-refractivity contribution >= 4 is 23.0 Å². The Balaban J connectivity index is 2.50. The fourth-order valence-electron chi connectivity index (χ4n) is 1.79. The van der Waals surface area contributed by atoms with Crippen LogP contribution < -0.4 is 5.73 Å². The van der Waals surface area contributed by atoms with Gasteiger partial charge < -0.3 is 10.5 Å². The molecule has 0 saturated carbocycles. The third-order valence-electron chi connectivity index (χ3n) is 2.84. The summed E-state index contributed by atoms with van der Waals surface area (Å²) < 4.78 is 31.2. The zero-order valence-corrected chi connectivity index (χ0v) is 11.8. The topological polar surface area (TPSA) is 52.3 Å². The molecule has 0 aliphatic heterocycles. The molecule has 0 atom stereocenters. The average molecular weight is 297 g/mol. The summed E-state index contributed by atoms with van der Waals surface area (Å²) in [5.74, 6) is -2.36. The highest BCUT2D eigenvalue weighted by molar-refractivity contribution is 7.18. The van der Waals surface area contributed by atoms with Crippen molar-refractivity contribution < 1.29 is 18.3 Å². The lowest BCUT2D eigenvalue weighted by atomic mass is 10.1. The lowest BCUT2D eigenvalue weighted by molar-refractivity contribution is 0.0533. The van der Waals surface area contributed by atoms with E-state index in [1.807, 2.05) is 0 Å². The molecule has 6 heteroatoms. The number of rotatable bonds is 3. The van der Waals surface area contributed by atoms with Crippen molar-refractivity contribution in [3.05, 3.63) is 40.3 Å². The predicted octanol–water partition coefficient (Wildman–Crippen LogP) is 3.76. The van der Waals surface area contributed by atoms with Crippen LogP contribution in [0.5, 0.6) is 0 Å². The largest absolute Gasteiger partial charge is 0.462 e. The second kappa shape index (κ2) is 5.58. The number of hydrogen-bond donors (Lipinski definition) is 1. The molecule has 0 fully saturated rings. The molecule has 0 unspecified atom stereocenters. The van der Waals surface area contributed by atoms with E-state index < -0.39 is 17.6 Å². The Morgan fingerprint density at radius 3 is 2.65 bits per heavy atom. The number of nitrogens with two attached hydrogens (primary N) is 1. The van der Waals surface area contributed by atoms with Crippen LogP contribution in [-0.2, 0) is 4.74 Å². The highest BCUT2D eigenvalue weighted by atomic mass is 32.1. The minimum Gasteiger partial charge on any atom is -0.462 e. The van der Waals surface area contributed by atoms with Crippen LogP contribution in [0.25, 0.3) is 10.4 Å². The smallest absolute Gasteiger partial charge is 0.350 e. The maximum Gasteiger partial charge on any atom is 0.350 e.